The molecule has 0 aromatic carbocycles. The monoisotopic (exact) mass is 226 g/mol. The maximum Gasteiger partial charge on any atom is 0.307 e. The van der Waals surface area contributed by atoms with E-state index in [0.717, 1.165) is 0 Å². The number of nitrogens with zero attached hydrogens (tertiary/aromatic N) is 1. The second-order valence-electron chi connectivity index (χ2n) is 3.27. The van der Waals surface area contributed by atoms with Crippen molar-refractivity contribution in [2.75, 3.05) is 33.3 Å². The molecule has 0 bridgehead atoms. The molecule has 0 aliphatic carbocycles. The lowest BCUT2D eigenvalue weighted by atomic mass is 10.4. The minimum atomic E-state index is -0.251. The number of rotatable bonds is 7. The molecule has 0 fully saturated rings. The van der Waals surface area contributed by atoms with E-state index < -0.39 is 0 Å². The molecule has 0 aromatic heterocycles. The van der Waals surface area contributed by atoms with Gasteiger partial charge in [-0.05, 0) is 14.0 Å². The highest BCUT2D eigenvalue weighted by atomic mass is 16.5. The van der Waals surface area contributed by atoms with Gasteiger partial charge in [-0.25, -0.2) is 0 Å². The Bertz CT molecular complexity index is 271. The summed E-state index contributed by atoms with van der Waals surface area (Å²) in [6.45, 7) is 3.08. The van der Waals surface area contributed by atoms with Crippen molar-refractivity contribution in [2.45, 2.75) is 13.3 Å². The van der Waals surface area contributed by atoms with E-state index in [1.54, 1.807) is 18.9 Å². The SMILES string of the molecule is C#CCNC(=O)CN(C)CCC(=O)OCC. The molecule has 90 valence electrons. The molecule has 0 saturated heterocycles. The fourth-order valence-corrected chi connectivity index (χ4v) is 1.05. The zero-order valence-corrected chi connectivity index (χ0v) is 9.78. The molecule has 0 unspecified atom stereocenters. The van der Waals surface area contributed by atoms with Gasteiger partial charge in [0.1, 0.15) is 0 Å². The van der Waals surface area contributed by atoms with Crippen molar-refractivity contribution in [3.05, 3.63) is 0 Å². The first-order valence-corrected chi connectivity index (χ1v) is 5.14. The first-order valence-electron chi connectivity index (χ1n) is 5.14. The van der Waals surface area contributed by atoms with Crippen LogP contribution in [-0.2, 0) is 14.3 Å². The predicted octanol–water partition coefficient (Wildman–Crippen LogP) is -0.379. The maximum absolute atomic E-state index is 11.2. The van der Waals surface area contributed by atoms with Crippen LogP contribution in [0.2, 0.25) is 0 Å². The Labute approximate surface area is 96.1 Å². The van der Waals surface area contributed by atoms with Gasteiger partial charge in [-0.3, -0.25) is 14.5 Å². The zero-order valence-electron chi connectivity index (χ0n) is 9.78. The van der Waals surface area contributed by atoms with E-state index in [2.05, 4.69) is 11.2 Å². The van der Waals surface area contributed by atoms with Crippen LogP contribution >= 0.6 is 0 Å². The first-order chi connectivity index (χ1) is 7.60. The summed E-state index contributed by atoms with van der Waals surface area (Å²) in [6.07, 6.45) is 5.28. The number of ether oxygens (including phenoxy) is 1. The number of amides is 1. The van der Waals surface area contributed by atoms with Gasteiger partial charge >= 0.3 is 5.97 Å². The molecule has 1 N–H and O–H groups in total. The Morgan fingerprint density at radius 3 is 2.75 bits per heavy atom. The van der Waals surface area contributed by atoms with Gasteiger partial charge in [-0.15, -0.1) is 6.42 Å². The average Bonchev–Trinajstić information content (AvgIpc) is 2.24. The van der Waals surface area contributed by atoms with Gasteiger partial charge in [-0.2, -0.15) is 0 Å². The molecule has 5 nitrogen and oxygen atoms in total. The topological polar surface area (TPSA) is 58.6 Å². The number of hydrogen-bond donors (Lipinski definition) is 1. The number of likely N-dealkylation sites (N-methyl/N-ethyl adjacent to an activating group) is 1. The third-order valence-corrected chi connectivity index (χ3v) is 1.80. The molecule has 16 heavy (non-hydrogen) atoms. The number of terminal acetylenes is 1. The zero-order chi connectivity index (χ0) is 12.4. The van der Waals surface area contributed by atoms with Crippen LogP contribution in [0.25, 0.3) is 0 Å². The summed E-state index contributed by atoms with van der Waals surface area (Å²) in [4.78, 5) is 24.0. The van der Waals surface area contributed by atoms with E-state index in [9.17, 15) is 9.59 Å². The molecule has 0 aliphatic heterocycles. The van der Waals surface area contributed by atoms with Crippen LogP contribution in [0.4, 0.5) is 0 Å². The number of esters is 1. The van der Waals surface area contributed by atoms with E-state index in [1.807, 2.05) is 0 Å². The largest absolute Gasteiger partial charge is 0.466 e. The Hall–Kier alpha value is -1.54. The molecule has 0 spiro atoms. The molecule has 0 aliphatic rings. The lowest BCUT2D eigenvalue weighted by Gasteiger charge is -2.14. The van der Waals surface area contributed by atoms with Gasteiger partial charge in [0.15, 0.2) is 0 Å². The molecular formula is C11H18N2O3. The van der Waals surface area contributed by atoms with Gasteiger partial charge < -0.3 is 10.1 Å². The highest BCUT2D eigenvalue weighted by molar-refractivity contribution is 5.78. The smallest absolute Gasteiger partial charge is 0.307 e. The van der Waals surface area contributed by atoms with Crippen LogP contribution in [0.1, 0.15) is 13.3 Å². The van der Waals surface area contributed by atoms with E-state index >= 15 is 0 Å². The Morgan fingerprint density at radius 1 is 1.50 bits per heavy atom. The number of carbonyl (C=O) groups is 2. The summed E-state index contributed by atoms with van der Waals surface area (Å²) in [5, 5.41) is 2.54. The van der Waals surface area contributed by atoms with Crippen LogP contribution in [0, 0.1) is 12.3 Å². The fraction of sp³-hybridized carbons (Fsp3) is 0.636. The van der Waals surface area contributed by atoms with Gasteiger partial charge in [0, 0.05) is 6.54 Å². The summed E-state index contributed by atoms with van der Waals surface area (Å²) in [5.41, 5.74) is 0. The van der Waals surface area contributed by atoms with Crippen LogP contribution in [0.15, 0.2) is 0 Å². The van der Waals surface area contributed by atoms with Crippen molar-refractivity contribution >= 4 is 11.9 Å². The molecule has 5 heteroatoms. The summed E-state index contributed by atoms with van der Waals surface area (Å²) in [5.74, 6) is 1.91. The van der Waals surface area contributed by atoms with Gasteiger partial charge in [0.25, 0.3) is 0 Å². The Balaban J connectivity index is 3.65. The molecule has 1 amide bonds. The maximum atomic E-state index is 11.2. The Morgan fingerprint density at radius 2 is 2.19 bits per heavy atom. The lowest BCUT2D eigenvalue weighted by Crippen LogP contribution is -2.36. The minimum Gasteiger partial charge on any atom is -0.466 e. The van der Waals surface area contributed by atoms with Crippen molar-refractivity contribution in [1.82, 2.24) is 10.2 Å². The average molecular weight is 226 g/mol. The third kappa shape index (κ3) is 7.83. The number of hydrogen-bond acceptors (Lipinski definition) is 4. The fourth-order valence-electron chi connectivity index (χ4n) is 1.05. The number of nitrogens with one attached hydrogen (secondary N) is 1. The van der Waals surface area contributed by atoms with Crippen molar-refractivity contribution in [1.29, 1.82) is 0 Å². The van der Waals surface area contributed by atoms with E-state index in [1.165, 1.54) is 0 Å². The highest BCUT2D eigenvalue weighted by Gasteiger charge is 2.08. The lowest BCUT2D eigenvalue weighted by molar-refractivity contribution is -0.143. The highest BCUT2D eigenvalue weighted by Crippen LogP contribution is 1.90. The summed E-state index contributed by atoms with van der Waals surface area (Å²) < 4.78 is 4.77. The normalized spacial score (nSPS) is 9.62. The summed E-state index contributed by atoms with van der Waals surface area (Å²) >= 11 is 0. The first kappa shape index (κ1) is 14.5. The van der Waals surface area contributed by atoms with E-state index in [0.29, 0.717) is 13.2 Å². The van der Waals surface area contributed by atoms with E-state index in [-0.39, 0.29) is 31.4 Å². The van der Waals surface area contributed by atoms with Crippen LogP contribution in [-0.4, -0.2) is 50.1 Å². The Kier molecular flexibility index (Phi) is 7.90. The van der Waals surface area contributed by atoms with E-state index in [4.69, 9.17) is 11.2 Å². The third-order valence-electron chi connectivity index (χ3n) is 1.80. The number of carbonyl (C=O) groups excluding carboxylic acids is 2. The van der Waals surface area contributed by atoms with Crippen molar-refractivity contribution < 1.29 is 14.3 Å². The molecule has 0 rings (SSSR count). The van der Waals surface area contributed by atoms with Crippen molar-refractivity contribution in [3.63, 3.8) is 0 Å². The summed E-state index contributed by atoms with van der Waals surface area (Å²) in [7, 11) is 1.76. The molecule has 0 saturated carbocycles. The molecular weight excluding hydrogens is 208 g/mol. The predicted molar refractivity (Wildman–Crippen MR) is 60.6 cm³/mol. The second kappa shape index (κ2) is 8.74. The van der Waals surface area contributed by atoms with Gasteiger partial charge in [0.2, 0.25) is 5.91 Å². The van der Waals surface area contributed by atoms with Gasteiger partial charge in [0.05, 0.1) is 26.1 Å². The molecule has 0 aromatic rings. The van der Waals surface area contributed by atoms with Gasteiger partial charge in [-0.1, -0.05) is 5.92 Å². The molecule has 0 heterocycles. The van der Waals surface area contributed by atoms with Crippen LogP contribution < -0.4 is 5.32 Å². The molecule has 0 radical (unpaired) electrons. The van der Waals surface area contributed by atoms with Crippen molar-refractivity contribution in [2.24, 2.45) is 0 Å². The quantitative estimate of drug-likeness (QED) is 0.475. The minimum absolute atomic E-state index is 0.149. The van der Waals surface area contributed by atoms with Crippen LogP contribution in [0.3, 0.4) is 0 Å². The van der Waals surface area contributed by atoms with Crippen molar-refractivity contribution in [3.8, 4) is 12.3 Å². The standard InChI is InChI=1S/C11H18N2O3/c1-4-7-12-10(14)9-13(3)8-6-11(15)16-5-2/h1H,5-9H2,2-3H3,(H,12,14). The second-order valence-corrected chi connectivity index (χ2v) is 3.27. The summed E-state index contributed by atoms with van der Waals surface area (Å²) in [6, 6.07) is 0. The molecule has 0 atom stereocenters. The van der Waals surface area contributed by atoms with Crippen LogP contribution in [0.5, 0.6) is 0 Å².